The molecule has 2 rings (SSSR count). The van der Waals surface area contributed by atoms with Crippen LogP contribution < -0.4 is 5.32 Å². The normalized spacial score (nSPS) is 24.3. The van der Waals surface area contributed by atoms with E-state index in [0.717, 1.165) is 24.3 Å². The highest BCUT2D eigenvalue weighted by molar-refractivity contribution is 5.78. The van der Waals surface area contributed by atoms with Gasteiger partial charge in [0.05, 0.1) is 6.42 Å². The van der Waals surface area contributed by atoms with Crippen LogP contribution in [0.1, 0.15) is 31.7 Å². The first-order valence-corrected chi connectivity index (χ1v) is 5.92. The van der Waals surface area contributed by atoms with Gasteiger partial charge in [-0.25, -0.2) is 0 Å². The zero-order valence-electron chi connectivity index (χ0n) is 9.65. The summed E-state index contributed by atoms with van der Waals surface area (Å²) in [5, 5.41) is 3.09. The Morgan fingerprint density at radius 1 is 1.56 bits per heavy atom. The molecular weight excluding hydrogens is 200 g/mol. The molecule has 1 aromatic rings. The van der Waals surface area contributed by atoms with Gasteiger partial charge in [0.2, 0.25) is 5.91 Å². The third-order valence-electron chi connectivity index (χ3n) is 3.15. The van der Waals surface area contributed by atoms with Crippen molar-refractivity contribution in [1.82, 2.24) is 10.3 Å². The molecule has 0 spiro atoms. The number of hydrogen-bond donors (Lipinski definition) is 1. The van der Waals surface area contributed by atoms with E-state index in [2.05, 4.69) is 17.2 Å². The van der Waals surface area contributed by atoms with Crippen molar-refractivity contribution in [3.05, 3.63) is 30.1 Å². The number of nitrogens with one attached hydrogen (secondary N) is 1. The number of pyridine rings is 1. The van der Waals surface area contributed by atoms with Gasteiger partial charge in [-0.2, -0.15) is 0 Å². The SMILES string of the molecule is CC1CCC(NC(=O)Cc2cccnc2)C1. The van der Waals surface area contributed by atoms with Gasteiger partial charge in [-0.1, -0.05) is 13.0 Å². The maximum absolute atomic E-state index is 11.7. The van der Waals surface area contributed by atoms with Crippen LogP contribution in [0.3, 0.4) is 0 Å². The van der Waals surface area contributed by atoms with Crippen LogP contribution in [-0.4, -0.2) is 16.9 Å². The summed E-state index contributed by atoms with van der Waals surface area (Å²) in [7, 11) is 0. The number of nitrogens with zero attached hydrogens (tertiary/aromatic N) is 1. The number of amides is 1. The molecule has 0 saturated heterocycles. The van der Waals surface area contributed by atoms with Crippen molar-refractivity contribution in [2.24, 2.45) is 5.92 Å². The predicted octanol–water partition coefficient (Wildman–Crippen LogP) is 1.93. The molecule has 1 N–H and O–H groups in total. The molecule has 3 heteroatoms. The van der Waals surface area contributed by atoms with Crippen LogP contribution >= 0.6 is 0 Å². The summed E-state index contributed by atoms with van der Waals surface area (Å²) < 4.78 is 0. The number of carbonyl (C=O) groups is 1. The standard InChI is InChI=1S/C13H18N2O/c1-10-4-5-12(7-10)15-13(16)8-11-3-2-6-14-9-11/h2-3,6,9-10,12H,4-5,7-8H2,1H3,(H,15,16). The first kappa shape index (κ1) is 11.1. The number of hydrogen-bond acceptors (Lipinski definition) is 2. The average molecular weight is 218 g/mol. The van der Waals surface area contributed by atoms with Gasteiger partial charge in [0.25, 0.3) is 0 Å². The molecule has 0 bridgehead atoms. The van der Waals surface area contributed by atoms with E-state index in [1.54, 1.807) is 12.4 Å². The molecular formula is C13H18N2O. The van der Waals surface area contributed by atoms with Crippen molar-refractivity contribution in [2.45, 2.75) is 38.6 Å². The molecule has 1 aromatic heterocycles. The lowest BCUT2D eigenvalue weighted by Crippen LogP contribution is -2.34. The van der Waals surface area contributed by atoms with Gasteiger partial charge in [0.1, 0.15) is 0 Å². The Morgan fingerprint density at radius 2 is 2.44 bits per heavy atom. The van der Waals surface area contributed by atoms with Crippen molar-refractivity contribution in [2.75, 3.05) is 0 Å². The summed E-state index contributed by atoms with van der Waals surface area (Å²) in [6.45, 7) is 2.24. The Bertz CT molecular complexity index is 350. The Labute approximate surface area is 96.3 Å². The molecule has 0 aromatic carbocycles. The van der Waals surface area contributed by atoms with Crippen LogP contribution in [0.5, 0.6) is 0 Å². The molecule has 86 valence electrons. The Morgan fingerprint density at radius 3 is 3.06 bits per heavy atom. The fourth-order valence-corrected chi connectivity index (χ4v) is 2.30. The van der Waals surface area contributed by atoms with Crippen LogP contribution in [0.4, 0.5) is 0 Å². The Hall–Kier alpha value is -1.38. The molecule has 0 radical (unpaired) electrons. The summed E-state index contributed by atoms with van der Waals surface area (Å²) in [6, 6.07) is 4.18. The molecule has 1 saturated carbocycles. The monoisotopic (exact) mass is 218 g/mol. The first-order chi connectivity index (χ1) is 7.74. The van der Waals surface area contributed by atoms with Crippen molar-refractivity contribution in [3.8, 4) is 0 Å². The van der Waals surface area contributed by atoms with Crippen LogP contribution in [0.2, 0.25) is 0 Å². The summed E-state index contributed by atoms with van der Waals surface area (Å²) >= 11 is 0. The van der Waals surface area contributed by atoms with Gasteiger partial charge in [-0.3, -0.25) is 9.78 Å². The third kappa shape index (κ3) is 3.05. The topological polar surface area (TPSA) is 42.0 Å². The highest BCUT2D eigenvalue weighted by Crippen LogP contribution is 2.24. The van der Waals surface area contributed by atoms with Crippen LogP contribution in [0.25, 0.3) is 0 Å². The largest absolute Gasteiger partial charge is 0.353 e. The molecule has 1 aliphatic carbocycles. The van der Waals surface area contributed by atoms with E-state index in [4.69, 9.17) is 0 Å². The lowest BCUT2D eigenvalue weighted by Gasteiger charge is -2.12. The summed E-state index contributed by atoms with van der Waals surface area (Å²) in [5.41, 5.74) is 0.978. The zero-order valence-corrected chi connectivity index (χ0v) is 9.65. The lowest BCUT2D eigenvalue weighted by molar-refractivity contribution is -0.121. The summed E-state index contributed by atoms with van der Waals surface area (Å²) in [4.78, 5) is 15.7. The minimum Gasteiger partial charge on any atom is -0.353 e. The molecule has 0 aliphatic heterocycles. The van der Waals surface area contributed by atoms with Crippen molar-refractivity contribution in [1.29, 1.82) is 0 Å². The second kappa shape index (κ2) is 5.10. The van der Waals surface area contributed by atoms with E-state index in [1.807, 2.05) is 12.1 Å². The molecule has 2 atom stereocenters. The van der Waals surface area contributed by atoms with Gasteiger partial charge in [0, 0.05) is 18.4 Å². The van der Waals surface area contributed by atoms with Crippen molar-refractivity contribution >= 4 is 5.91 Å². The average Bonchev–Trinajstić information content (AvgIpc) is 2.65. The van der Waals surface area contributed by atoms with E-state index < -0.39 is 0 Å². The Kier molecular flexibility index (Phi) is 3.54. The molecule has 1 heterocycles. The fraction of sp³-hybridized carbons (Fsp3) is 0.538. The molecule has 3 nitrogen and oxygen atoms in total. The highest BCUT2D eigenvalue weighted by Gasteiger charge is 2.22. The molecule has 1 fully saturated rings. The van der Waals surface area contributed by atoms with Crippen molar-refractivity contribution < 1.29 is 4.79 Å². The molecule has 16 heavy (non-hydrogen) atoms. The maximum atomic E-state index is 11.7. The summed E-state index contributed by atoms with van der Waals surface area (Å²) in [6.07, 6.45) is 7.40. The van der Waals surface area contributed by atoms with Gasteiger partial charge >= 0.3 is 0 Å². The van der Waals surface area contributed by atoms with Crippen LogP contribution in [-0.2, 0) is 11.2 Å². The smallest absolute Gasteiger partial charge is 0.224 e. The second-order valence-electron chi connectivity index (χ2n) is 4.72. The van der Waals surface area contributed by atoms with E-state index in [1.165, 1.54) is 6.42 Å². The van der Waals surface area contributed by atoms with Crippen LogP contribution in [0, 0.1) is 5.92 Å². The highest BCUT2D eigenvalue weighted by atomic mass is 16.1. The molecule has 2 unspecified atom stereocenters. The molecule has 1 amide bonds. The van der Waals surface area contributed by atoms with Crippen LogP contribution in [0.15, 0.2) is 24.5 Å². The number of carbonyl (C=O) groups excluding carboxylic acids is 1. The summed E-state index contributed by atoms with van der Waals surface area (Å²) in [5.74, 6) is 0.871. The number of rotatable bonds is 3. The van der Waals surface area contributed by atoms with E-state index in [9.17, 15) is 4.79 Å². The minimum atomic E-state index is 0.118. The van der Waals surface area contributed by atoms with Gasteiger partial charge in [-0.05, 0) is 36.8 Å². The van der Waals surface area contributed by atoms with Crippen molar-refractivity contribution in [3.63, 3.8) is 0 Å². The molecule has 1 aliphatic rings. The number of aromatic nitrogens is 1. The van der Waals surface area contributed by atoms with E-state index in [-0.39, 0.29) is 5.91 Å². The maximum Gasteiger partial charge on any atom is 0.224 e. The lowest BCUT2D eigenvalue weighted by atomic mass is 10.1. The zero-order chi connectivity index (χ0) is 11.4. The first-order valence-electron chi connectivity index (χ1n) is 5.92. The van der Waals surface area contributed by atoms with E-state index in [0.29, 0.717) is 12.5 Å². The second-order valence-corrected chi connectivity index (χ2v) is 4.72. The van der Waals surface area contributed by atoms with Gasteiger partial charge in [-0.15, -0.1) is 0 Å². The quantitative estimate of drug-likeness (QED) is 0.842. The Balaban J connectivity index is 1.81. The predicted molar refractivity (Wildman–Crippen MR) is 62.9 cm³/mol. The van der Waals surface area contributed by atoms with Gasteiger partial charge < -0.3 is 5.32 Å². The van der Waals surface area contributed by atoms with E-state index >= 15 is 0 Å². The fourth-order valence-electron chi connectivity index (χ4n) is 2.30. The minimum absolute atomic E-state index is 0.118. The van der Waals surface area contributed by atoms with Gasteiger partial charge in [0.15, 0.2) is 0 Å². The third-order valence-corrected chi connectivity index (χ3v) is 3.15.